The average Bonchev–Trinajstić information content (AvgIpc) is 2.69. The van der Waals surface area contributed by atoms with Crippen LogP contribution in [0.25, 0.3) is 0 Å². The predicted octanol–water partition coefficient (Wildman–Crippen LogP) is 1.52. The quantitative estimate of drug-likeness (QED) is 0.821. The minimum Gasteiger partial charge on any atom is -0.481 e. The smallest absolute Gasteiger partial charge is 0.256 e. The number of carbonyl (C=O) groups is 1. The van der Waals surface area contributed by atoms with Crippen molar-refractivity contribution in [2.24, 2.45) is 0 Å². The Kier molecular flexibility index (Phi) is 5.45. The van der Waals surface area contributed by atoms with E-state index in [9.17, 15) is 4.79 Å². The molecule has 1 aliphatic heterocycles. The number of amides is 1. The van der Waals surface area contributed by atoms with Crippen LogP contribution in [0.2, 0.25) is 0 Å². The molecule has 0 N–H and O–H groups in total. The van der Waals surface area contributed by atoms with Gasteiger partial charge in [0, 0.05) is 45.6 Å². The van der Waals surface area contributed by atoms with E-state index in [-0.39, 0.29) is 5.91 Å². The molecule has 25 heavy (non-hydrogen) atoms. The summed E-state index contributed by atoms with van der Waals surface area (Å²) in [6.07, 6.45) is 1.11. The van der Waals surface area contributed by atoms with Crippen molar-refractivity contribution in [1.29, 1.82) is 0 Å². The number of anilines is 1. The normalized spacial score (nSPS) is 15.8. The Morgan fingerprint density at radius 3 is 2.44 bits per heavy atom. The molecule has 0 saturated carbocycles. The molecule has 1 unspecified atom stereocenters. The first-order valence-corrected chi connectivity index (χ1v) is 8.21. The Morgan fingerprint density at radius 2 is 1.80 bits per heavy atom. The number of rotatable bonds is 5. The van der Waals surface area contributed by atoms with Gasteiger partial charge < -0.3 is 19.3 Å². The fraction of sp³-hybridized carbons (Fsp3) is 0.389. The third kappa shape index (κ3) is 3.88. The highest BCUT2D eigenvalue weighted by molar-refractivity contribution is 5.82. The molecule has 0 spiro atoms. The Morgan fingerprint density at radius 1 is 1.08 bits per heavy atom. The average molecular weight is 342 g/mol. The van der Waals surface area contributed by atoms with Crippen molar-refractivity contribution in [2.45, 2.75) is 6.10 Å². The van der Waals surface area contributed by atoms with Crippen LogP contribution in [0.5, 0.6) is 5.88 Å². The molecule has 7 nitrogen and oxygen atoms in total. The van der Waals surface area contributed by atoms with Gasteiger partial charge in [-0.25, -0.2) is 4.98 Å². The lowest BCUT2D eigenvalue weighted by Gasteiger charge is -2.36. The van der Waals surface area contributed by atoms with E-state index < -0.39 is 6.10 Å². The Labute approximate surface area is 147 Å². The van der Waals surface area contributed by atoms with E-state index in [1.807, 2.05) is 35.2 Å². The first-order valence-electron chi connectivity index (χ1n) is 8.21. The molecule has 1 aromatic heterocycles. The molecule has 1 atom stereocenters. The second-order valence-electron chi connectivity index (χ2n) is 5.74. The Hall–Kier alpha value is -2.67. The molecule has 7 heteroatoms. The van der Waals surface area contributed by atoms with E-state index in [1.165, 1.54) is 0 Å². The molecular weight excluding hydrogens is 320 g/mol. The number of carbonyl (C=O) groups excluding carboxylic acids is 1. The fourth-order valence-corrected chi connectivity index (χ4v) is 2.90. The zero-order valence-corrected chi connectivity index (χ0v) is 14.5. The summed E-state index contributed by atoms with van der Waals surface area (Å²) in [7, 11) is 3.15. The van der Waals surface area contributed by atoms with Crippen molar-refractivity contribution < 1.29 is 14.3 Å². The van der Waals surface area contributed by atoms with E-state index in [1.54, 1.807) is 26.5 Å². The van der Waals surface area contributed by atoms with Crippen molar-refractivity contribution in [3.63, 3.8) is 0 Å². The maximum absolute atomic E-state index is 12.8. The zero-order valence-electron chi connectivity index (χ0n) is 14.5. The van der Waals surface area contributed by atoms with Crippen LogP contribution < -0.4 is 9.64 Å². The summed E-state index contributed by atoms with van der Waals surface area (Å²) in [5.41, 5.74) is 0.869. The first kappa shape index (κ1) is 17.2. The highest BCUT2D eigenvalue weighted by Gasteiger charge is 2.29. The lowest BCUT2D eigenvalue weighted by molar-refractivity contribution is -0.142. The third-order valence-corrected chi connectivity index (χ3v) is 4.26. The van der Waals surface area contributed by atoms with E-state index in [0.717, 1.165) is 5.56 Å². The predicted molar refractivity (Wildman–Crippen MR) is 93.6 cm³/mol. The van der Waals surface area contributed by atoms with E-state index in [0.29, 0.717) is 38.0 Å². The lowest BCUT2D eigenvalue weighted by atomic mass is 10.1. The van der Waals surface area contributed by atoms with Crippen LogP contribution in [0.15, 0.2) is 42.6 Å². The fourth-order valence-electron chi connectivity index (χ4n) is 2.90. The Bertz CT molecular complexity index is 702. The van der Waals surface area contributed by atoms with E-state index in [2.05, 4.69) is 14.9 Å². The maximum atomic E-state index is 12.8. The summed E-state index contributed by atoms with van der Waals surface area (Å²) in [5.74, 6) is 1.14. The highest BCUT2D eigenvalue weighted by atomic mass is 16.5. The van der Waals surface area contributed by atoms with Gasteiger partial charge in [0.25, 0.3) is 5.91 Å². The van der Waals surface area contributed by atoms with E-state index >= 15 is 0 Å². The van der Waals surface area contributed by atoms with Crippen LogP contribution in [0.3, 0.4) is 0 Å². The summed E-state index contributed by atoms with van der Waals surface area (Å²) >= 11 is 0. The Balaban J connectivity index is 1.64. The second-order valence-corrected chi connectivity index (χ2v) is 5.74. The molecule has 3 rings (SSSR count). The molecule has 2 aromatic rings. The molecule has 1 fully saturated rings. The van der Waals surface area contributed by atoms with Gasteiger partial charge in [-0.1, -0.05) is 30.3 Å². The van der Waals surface area contributed by atoms with Crippen molar-refractivity contribution in [3.8, 4) is 5.88 Å². The number of nitrogens with zero attached hydrogens (tertiary/aromatic N) is 4. The minimum absolute atomic E-state index is 0.0140. The first-order chi connectivity index (χ1) is 12.2. The maximum Gasteiger partial charge on any atom is 0.256 e. The standard InChI is InChI=1S/C18H22N4O3/c1-24-15-8-9-19-18(20-15)22-12-10-21(11-13-22)17(23)16(25-2)14-6-4-3-5-7-14/h3-9,16H,10-13H2,1-2H3. The van der Waals surface area contributed by atoms with Gasteiger partial charge >= 0.3 is 0 Å². The van der Waals surface area contributed by atoms with Crippen LogP contribution >= 0.6 is 0 Å². The second kappa shape index (κ2) is 7.94. The molecule has 1 aromatic carbocycles. The van der Waals surface area contributed by atoms with Crippen LogP contribution in [0.4, 0.5) is 5.95 Å². The summed E-state index contributed by atoms with van der Waals surface area (Å²) in [5, 5.41) is 0. The molecule has 1 saturated heterocycles. The number of aromatic nitrogens is 2. The largest absolute Gasteiger partial charge is 0.481 e. The van der Waals surface area contributed by atoms with Gasteiger partial charge in [-0.05, 0) is 5.56 Å². The van der Waals surface area contributed by atoms with Gasteiger partial charge in [0.1, 0.15) is 0 Å². The number of hydrogen-bond donors (Lipinski definition) is 0. The zero-order chi connectivity index (χ0) is 17.6. The number of ether oxygens (including phenoxy) is 2. The van der Waals surface area contributed by atoms with Crippen LogP contribution in [-0.2, 0) is 9.53 Å². The lowest BCUT2D eigenvalue weighted by Crippen LogP contribution is -2.50. The van der Waals surface area contributed by atoms with Gasteiger partial charge in [0.15, 0.2) is 6.10 Å². The summed E-state index contributed by atoms with van der Waals surface area (Å²) in [4.78, 5) is 25.3. The van der Waals surface area contributed by atoms with Gasteiger partial charge in [0.05, 0.1) is 7.11 Å². The highest BCUT2D eigenvalue weighted by Crippen LogP contribution is 2.21. The summed E-state index contributed by atoms with van der Waals surface area (Å²) < 4.78 is 10.6. The molecular formula is C18H22N4O3. The molecule has 0 radical (unpaired) electrons. The van der Waals surface area contributed by atoms with E-state index in [4.69, 9.17) is 9.47 Å². The number of hydrogen-bond acceptors (Lipinski definition) is 6. The summed E-state index contributed by atoms with van der Waals surface area (Å²) in [6.45, 7) is 2.55. The van der Waals surface area contributed by atoms with Crippen molar-refractivity contribution in [2.75, 3.05) is 45.3 Å². The molecule has 0 aliphatic carbocycles. The van der Waals surface area contributed by atoms with Gasteiger partial charge in [-0.3, -0.25) is 4.79 Å². The van der Waals surface area contributed by atoms with Gasteiger partial charge in [-0.15, -0.1) is 0 Å². The minimum atomic E-state index is -0.569. The van der Waals surface area contributed by atoms with Crippen molar-refractivity contribution in [1.82, 2.24) is 14.9 Å². The molecule has 0 bridgehead atoms. The van der Waals surface area contributed by atoms with Gasteiger partial charge in [-0.2, -0.15) is 4.98 Å². The number of methoxy groups -OCH3 is 2. The van der Waals surface area contributed by atoms with Crippen LogP contribution in [-0.4, -0.2) is 61.2 Å². The number of benzene rings is 1. The van der Waals surface area contributed by atoms with Crippen LogP contribution in [0, 0.1) is 0 Å². The van der Waals surface area contributed by atoms with Crippen LogP contribution in [0.1, 0.15) is 11.7 Å². The molecule has 2 heterocycles. The summed E-state index contributed by atoms with van der Waals surface area (Å²) in [6, 6.07) is 11.3. The topological polar surface area (TPSA) is 67.8 Å². The van der Waals surface area contributed by atoms with Crippen molar-refractivity contribution >= 4 is 11.9 Å². The molecule has 1 amide bonds. The molecule has 1 aliphatic rings. The van der Waals surface area contributed by atoms with Gasteiger partial charge in [0.2, 0.25) is 11.8 Å². The molecule has 132 valence electrons. The monoisotopic (exact) mass is 342 g/mol. The van der Waals surface area contributed by atoms with Crippen molar-refractivity contribution in [3.05, 3.63) is 48.2 Å². The number of piperazine rings is 1. The SMILES string of the molecule is COc1ccnc(N2CCN(C(=O)C(OC)c3ccccc3)CC2)n1. The third-order valence-electron chi connectivity index (χ3n) is 4.26.